The van der Waals surface area contributed by atoms with Crippen LogP contribution in [0.4, 0.5) is 14.5 Å². The number of benzene rings is 2. The Balaban J connectivity index is 2.11. The van der Waals surface area contributed by atoms with Gasteiger partial charge in [0.15, 0.2) is 0 Å². The minimum Gasteiger partial charge on any atom is -0.468 e. The molecule has 5 nitrogen and oxygen atoms in total. The van der Waals surface area contributed by atoms with E-state index in [1.165, 1.54) is 18.2 Å². The van der Waals surface area contributed by atoms with E-state index in [4.69, 9.17) is 15.5 Å². The van der Waals surface area contributed by atoms with Crippen LogP contribution in [0.15, 0.2) is 42.5 Å². The highest BCUT2D eigenvalue weighted by molar-refractivity contribution is 7.87. The summed E-state index contributed by atoms with van der Waals surface area (Å²) >= 11 is 0. The fourth-order valence-corrected chi connectivity index (χ4v) is 3.18. The highest BCUT2D eigenvalue weighted by Crippen LogP contribution is 2.35. The third kappa shape index (κ3) is 5.70. The van der Waals surface area contributed by atoms with E-state index in [0.29, 0.717) is 17.2 Å². The van der Waals surface area contributed by atoms with E-state index in [1.54, 1.807) is 31.2 Å². The highest BCUT2D eigenvalue weighted by Gasteiger charge is 2.15. The fraction of sp³-hybridized carbons (Fsp3) is 0.278. The Hall–Kier alpha value is -2.66. The van der Waals surface area contributed by atoms with Gasteiger partial charge in [0.1, 0.15) is 17.2 Å². The van der Waals surface area contributed by atoms with Crippen LogP contribution in [0.1, 0.15) is 18.4 Å². The highest BCUT2D eigenvalue weighted by atomic mass is 32.2. The predicted octanol–water partition coefficient (Wildman–Crippen LogP) is 5.09. The zero-order valence-electron chi connectivity index (χ0n) is 14.0. The van der Waals surface area contributed by atoms with Crippen LogP contribution < -0.4 is 8.92 Å². The van der Waals surface area contributed by atoms with Gasteiger partial charge in [-0.2, -0.15) is 8.42 Å². The van der Waals surface area contributed by atoms with E-state index in [1.807, 2.05) is 0 Å². The molecular formula is C18H17F2NO4S. The van der Waals surface area contributed by atoms with Crippen LogP contribution in [0, 0.1) is 13.5 Å². The number of ether oxygens (including phenoxy) is 1. The maximum Gasteiger partial charge on any atom is 0.309 e. The molecule has 0 saturated carbocycles. The first-order valence-corrected chi connectivity index (χ1v) is 9.34. The molecule has 0 spiro atoms. The van der Waals surface area contributed by atoms with Gasteiger partial charge >= 0.3 is 10.1 Å². The number of para-hydroxylation sites is 1. The van der Waals surface area contributed by atoms with Gasteiger partial charge in [-0.3, -0.25) is 0 Å². The van der Waals surface area contributed by atoms with Crippen LogP contribution in [0.3, 0.4) is 0 Å². The molecule has 0 bridgehead atoms. The summed E-state index contributed by atoms with van der Waals surface area (Å²) in [5.41, 5.74) is 1.12. The van der Waals surface area contributed by atoms with Crippen molar-refractivity contribution in [2.75, 3.05) is 5.75 Å². The smallest absolute Gasteiger partial charge is 0.309 e. The van der Waals surface area contributed by atoms with E-state index >= 15 is 0 Å². The van der Waals surface area contributed by atoms with Crippen LogP contribution in [-0.2, 0) is 10.1 Å². The van der Waals surface area contributed by atoms with Gasteiger partial charge < -0.3 is 8.92 Å². The molecule has 8 heteroatoms. The third-order valence-electron chi connectivity index (χ3n) is 3.39. The molecule has 2 aromatic rings. The van der Waals surface area contributed by atoms with E-state index in [-0.39, 0.29) is 12.2 Å². The first-order chi connectivity index (χ1) is 12.3. The van der Waals surface area contributed by atoms with Gasteiger partial charge in [0.25, 0.3) is 0 Å². The van der Waals surface area contributed by atoms with Crippen LogP contribution in [0.2, 0.25) is 0 Å². The molecule has 0 aromatic heterocycles. The Morgan fingerprint density at radius 2 is 1.85 bits per heavy atom. The van der Waals surface area contributed by atoms with Gasteiger partial charge in [-0.05, 0) is 37.1 Å². The first kappa shape index (κ1) is 19.7. The molecule has 0 heterocycles. The predicted molar refractivity (Wildman–Crippen MR) is 93.6 cm³/mol. The van der Waals surface area contributed by atoms with Crippen molar-refractivity contribution >= 4 is 15.8 Å². The molecule has 0 saturated heterocycles. The Kier molecular flexibility index (Phi) is 6.52. The van der Waals surface area contributed by atoms with Crippen molar-refractivity contribution < 1.29 is 26.1 Å². The quantitative estimate of drug-likeness (QED) is 0.472. The van der Waals surface area contributed by atoms with E-state index in [2.05, 4.69) is 4.85 Å². The number of hydrogen-bond acceptors (Lipinski definition) is 4. The zero-order chi connectivity index (χ0) is 19.2. The molecule has 0 aliphatic rings. The summed E-state index contributed by atoms with van der Waals surface area (Å²) < 4.78 is 58.5. The lowest BCUT2D eigenvalue weighted by molar-refractivity contribution is 0.137. The van der Waals surface area contributed by atoms with Crippen LogP contribution in [0.5, 0.6) is 17.2 Å². The summed E-state index contributed by atoms with van der Waals surface area (Å²) in [5.74, 6) is 0.150. The lowest BCUT2D eigenvalue weighted by Crippen LogP contribution is -2.14. The molecule has 2 aromatic carbocycles. The molecule has 0 N–H and O–H groups in total. The average molecular weight is 381 g/mol. The standard InChI is InChI=1S/C18H17F2NO4S/c1-13-6-3-9-16(18(13)21-2)24-14-7-4-8-15(12-14)25-26(22,23)11-5-10-17(19)20/h3-4,6-9,12,17H,5,10-11H2,1H3. The number of nitrogens with zero attached hydrogens (tertiary/aromatic N) is 1. The number of hydrogen-bond donors (Lipinski definition) is 0. The number of halogens is 2. The topological polar surface area (TPSA) is 57.0 Å². The summed E-state index contributed by atoms with van der Waals surface area (Å²) in [7, 11) is -3.98. The van der Waals surface area contributed by atoms with Crippen molar-refractivity contribution in [1.82, 2.24) is 0 Å². The summed E-state index contributed by atoms with van der Waals surface area (Å²) in [4.78, 5) is 3.43. The maximum atomic E-state index is 12.1. The lowest BCUT2D eigenvalue weighted by Gasteiger charge is -2.11. The van der Waals surface area contributed by atoms with Crippen molar-refractivity contribution in [1.29, 1.82) is 0 Å². The maximum absolute atomic E-state index is 12.1. The molecule has 138 valence electrons. The van der Waals surface area contributed by atoms with Crippen LogP contribution >= 0.6 is 0 Å². The van der Waals surface area contributed by atoms with Gasteiger partial charge in [-0.1, -0.05) is 18.2 Å². The second-order valence-electron chi connectivity index (χ2n) is 5.49. The SMILES string of the molecule is [C-]#[N+]c1c(C)cccc1Oc1cccc(OS(=O)(=O)CCCC(F)F)c1. The Morgan fingerprint density at radius 3 is 2.54 bits per heavy atom. The Labute approximate surface area is 151 Å². The molecule has 0 atom stereocenters. The number of aryl methyl sites for hydroxylation is 1. The van der Waals surface area contributed by atoms with Crippen molar-refractivity contribution in [2.24, 2.45) is 0 Å². The Bertz CT molecular complexity index is 908. The minimum absolute atomic E-state index is 0.0107. The summed E-state index contributed by atoms with van der Waals surface area (Å²) in [6.07, 6.45) is -3.24. The second kappa shape index (κ2) is 8.63. The molecule has 0 aliphatic carbocycles. The fourth-order valence-electron chi connectivity index (χ4n) is 2.18. The molecule has 0 radical (unpaired) electrons. The first-order valence-electron chi connectivity index (χ1n) is 7.76. The van der Waals surface area contributed by atoms with Gasteiger partial charge in [0.2, 0.25) is 12.1 Å². The average Bonchev–Trinajstić information content (AvgIpc) is 2.54. The second-order valence-corrected chi connectivity index (χ2v) is 7.18. The third-order valence-corrected chi connectivity index (χ3v) is 4.62. The van der Waals surface area contributed by atoms with Gasteiger partial charge in [0.05, 0.1) is 12.3 Å². The molecule has 0 unspecified atom stereocenters. The number of alkyl halides is 2. The number of rotatable bonds is 8. The molecular weight excluding hydrogens is 364 g/mol. The van der Waals surface area contributed by atoms with E-state index in [9.17, 15) is 17.2 Å². The minimum atomic E-state index is -3.98. The van der Waals surface area contributed by atoms with Gasteiger partial charge in [-0.25, -0.2) is 13.6 Å². The molecule has 0 amide bonds. The van der Waals surface area contributed by atoms with Crippen LogP contribution in [0.25, 0.3) is 4.85 Å². The Morgan fingerprint density at radius 1 is 1.15 bits per heavy atom. The van der Waals surface area contributed by atoms with Crippen molar-refractivity contribution in [3.63, 3.8) is 0 Å². The van der Waals surface area contributed by atoms with Crippen molar-refractivity contribution in [2.45, 2.75) is 26.2 Å². The van der Waals surface area contributed by atoms with Crippen LogP contribution in [-0.4, -0.2) is 20.6 Å². The van der Waals surface area contributed by atoms with Gasteiger partial charge in [0, 0.05) is 12.5 Å². The normalized spacial score (nSPS) is 11.2. The molecule has 0 fully saturated rings. The van der Waals surface area contributed by atoms with E-state index < -0.39 is 28.7 Å². The molecule has 0 aliphatic heterocycles. The summed E-state index contributed by atoms with van der Waals surface area (Å²) in [5, 5.41) is 0. The largest absolute Gasteiger partial charge is 0.468 e. The van der Waals surface area contributed by atoms with E-state index in [0.717, 1.165) is 5.56 Å². The summed E-state index contributed by atoms with van der Waals surface area (Å²) in [6.45, 7) is 9.02. The molecule has 2 rings (SSSR count). The monoisotopic (exact) mass is 381 g/mol. The lowest BCUT2D eigenvalue weighted by atomic mass is 10.2. The summed E-state index contributed by atoms with van der Waals surface area (Å²) in [6, 6.07) is 11.1. The van der Waals surface area contributed by atoms with Gasteiger partial charge in [-0.15, -0.1) is 0 Å². The zero-order valence-corrected chi connectivity index (χ0v) is 14.8. The molecule has 26 heavy (non-hydrogen) atoms. The van der Waals surface area contributed by atoms with Crippen molar-refractivity contribution in [3.8, 4) is 17.2 Å². The van der Waals surface area contributed by atoms with Crippen molar-refractivity contribution in [3.05, 3.63) is 59.4 Å².